The van der Waals surface area contributed by atoms with Crippen molar-refractivity contribution >= 4 is 0 Å². The highest BCUT2D eigenvalue weighted by Crippen LogP contribution is 2.48. The van der Waals surface area contributed by atoms with Gasteiger partial charge in [-0.05, 0) is 38.6 Å². The second kappa shape index (κ2) is 5.59. The molecule has 0 aromatic heterocycles. The molecule has 0 atom stereocenters. The Bertz CT molecular complexity index is 307. The monoisotopic (exact) mass is 250 g/mol. The molecule has 2 aliphatic rings. The molecular weight excluding hydrogens is 224 g/mol. The minimum atomic E-state index is -0.730. The van der Waals surface area contributed by atoms with E-state index in [0.717, 1.165) is 58.2 Å². The summed E-state index contributed by atoms with van der Waals surface area (Å²) < 4.78 is 0. The lowest BCUT2D eigenvalue weighted by Crippen LogP contribution is -2.55. The van der Waals surface area contributed by atoms with Gasteiger partial charge in [-0.3, -0.25) is 0 Å². The lowest BCUT2D eigenvalue weighted by molar-refractivity contribution is -0.110. The number of piperidine rings is 1. The summed E-state index contributed by atoms with van der Waals surface area (Å²) in [6, 6.07) is 2.51. The number of nitrogens with zero attached hydrogens (tertiary/aromatic N) is 2. The van der Waals surface area contributed by atoms with Crippen LogP contribution in [0.1, 0.15) is 58.3 Å². The van der Waals surface area contributed by atoms with Gasteiger partial charge in [-0.1, -0.05) is 26.2 Å². The van der Waals surface area contributed by atoms with E-state index in [4.69, 9.17) is 0 Å². The molecule has 2 fully saturated rings. The van der Waals surface area contributed by atoms with Gasteiger partial charge in [0.25, 0.3) is 0 Å². The van der Waals surface area contributed by atoms with Gasteiger partial charge in [-0.2, -0.15) is 5.26 Å². The van der Waals surface area contributed by atoms with Crippen LogP contribution in [0.4, 0.5) is 0 Å². The van der Waals surface area contributed by atoms with Crippen LogP contribution in [0.15, 0.2) is 0 Å². The van der Waals surface area contributed by atoms with E-state index in [2.05, 4.69) is 17.9 Å². The van der Waals surface area contributed by atoms with Crippen molar-refractivity contribution in [3.63, 3.8) is 0 Å². The van der Waals surface area contributed by atoms with Gasteiger partial charge < -0.3 is 10.0 Å². The van der Waals surface area contributed by atoms with Crippen LogP contribution in [0.3, 0.4) is 0 Å². The zero-order valence-electron chi connectivity index (χ0n) is 11.6. The Morgan fingerprint density at radius 1 is 1.11 bits per heavy atom. The first-order chi connectivity index (χ1) is 8.66. The SMILES string of the molecule is CCCN1CCC(O)(C2(C#N)CCCCC2)CC1. The summed E-state index contributed by atoms with van der Waals surface area (Å²) in [4.78, 5) is 2.42. The predicted octanol–water partition coefficient (Wildman–Crippen LogP) is 2.70. The third-order valence-electron chi connectivity index (χ3n) is 5.03. The largest absolute Gasteiger partial charge is 0.388 e. The Hall–Kier alpha value is -0.590. The van der Waals surface area contributed by atoms with Crippen LogP contribution in [0.25, 0.3) is 0 Å². The molecule has 1 heterocycles. The first-order valence-corrected chi connectivity index (χ1v) is 7.52. The van der Waals surface area contributed by atoms with Crippen LogP contribution in [-0.4, -0.2) is 35.2 Å². The third-order valence-corrected chi connectivity index (χ3v) is 5.03. The van der Waals surface area contributed by atoms with Gasteiger partial charge in [0.15, 0.2) is 0 Å². The van der Waals surface area contributed by atoms with Crippen molar-refractivity contribution < 1.29 is 5.11 Å². The molecule has 0 amide bonds. The Labute approximate surface area is 111 Å². The molecule has 2 rings (SSSR count). The van der Waals surface area contributed by atoms with E-state index >= 15 is 0 Å². The maximum absolute atomic E-state index is 11.0. The average Bonchev–Trinajstić information content (AvgIpc) is 2.42. The van der Waals surface area contributed by atoms with Crippen molar-refractivity contribution in [1.29, 1.82) is 5.26 Å². The second-order valence-corrected chi connectivity index (χ2v) is 6.13. The fourth-order valence-electron chi connectivity index (χ4n) is 3.78. The molecule has 3 heteroatoms. The highest BCUT2D eigenvalue weighted by atomic mass is 16.3. The number of likely N-dealkylation sites (tertiary alicyclic amines) is 1. The molecule has 0 aromatic carbocycles. The van der Waals surface area contributed by atoms with Gasteiger partial charge in [0.1, 0.15) is 0 Å². The fourth-order valence-corrected chi connectivity index (χ4v) is 3.78. The van der Waals surface area contributed by atoms with Crippen molar-refractivity contribution in [1.82, 2.24) is 4.90 Å². The normalized spacial score (nSPS) is 27.6. The van der Waals surface area contributed by atoms with Gasteiger partial charge in [0, 0.05) is 13.1 Å². The lowest BCUT2D eigenvalue weighted by atomic mass is 9.61. The summed E-state index contributed by atoms with van der Waals surface area (Å²) in [6.45, 7) is 5.22. The fraction of sp³-hybridized carbons (Fsp3) is 0.933. The number of hydrogen-bond acceptors (Lipinski definition) is 3. The van der Waals surface area contributed by atoms with E-state index in [1.807, 2.05) is 0 Å². The van der Waals surface area contributed by atoms with Gasteiger partial charge >= 0.3 is 0 Å². The Morgan fingerprint density at radius 3 is 2.22 bits per heavy atom. The molecule has 18 heavy (non-hydrogen) atoms. The number of rotatable bonds is 3. The Balaban J connectivity index is 2.05. The van der Waals surface area contributed by atoms with Crippen LogP contribution in [0, 0.1) is 16.7 Å². The van der Waals surface area contributed by atoms with Gasteiger partial charge in [0.2, 0.25) is 0 Å². The van der Waals surface area contributed by atoms with Crippen molar-refractivity contribution in [2.24, 2.45) is 5.41 Å². The summed E-state index contributed by atoms with van der Waals surface area (Å²) in [6.07, 6.45) is 7.95. The minimum Gasteiger partial charge on any atom is -0.388 e. The molecule has 1 N–H and O–H groups in total. The quantitative estimate of drug-likeness (QED) is 0.837. The third kappa shape index (κ3) is 2.41. The highest BCUT2D eigenvalue weighted by Gasteiger charge is 2.51. The maximum atomic E-state index is 11.0. The van der Waals surface area contributed by atoms with Gasteiger partial charge in [-0.25, -0.2) is 0 Å². The van der Waals surface area contributed by atoms with E-state index in [1.54, 1.807) is 0 Å². The molecule has 0 radical (unpaired) electrons. The maximum Gasteiger partial charge on any atom is 0.0861 e. The lowest BCUT2D eigenvalue weighted by Gasteiger charge is -2.49. The smallest absolute Gasteiger partial charge is 0.0861 e. The molecule has 1 saturated carbocycles. The van der Waals surface area contributed by atoms with Crippen molar-refractivity contribution in [3.05, 3.63) is 0 Å². The molecule has 0 unspecified atom stereocenters. The average molecular weight is 250 g/mol. The van der Waals surface area contributed by atoms with Crippen LogP contribution >= 0.6 is 0 Å². The van der Waals surface area contributed by atoms with Crippen molar-refractivity contribution in [2.75, 3.05) is 19.6 Å². The second-order valence-electron chi connectivity index (χ2n) is 6.13. The first-order valence-electron chi connectivity index (χ1n) is 7.52. The number of aliphatic hydroxyl groups is 1. The molecule has 1 saturated heterocycles. The van der Waals surface area contributed by atoms with Crippen molar-refractivity contribution in [2.45, 2.75) is 63.9 Å². The van der Waals surface area contributed by atoms with Crippen LogP contribution < -0.4 is 0 Å². The van der Waals surface area contributed by atoms with Crippen molar-refractivity contribution in [3.8, 4) is 6.07 Å². The molecule has 0 spiro atoms. The Morgan fingerprint density at radius 2 is 1.72 bits per heavy atom. The molecule has 0 aromatic rings. The summed E-state index contributed by atoms with van der Waals surface area (Å²) in [7, 11) is 0. The highest BCUT2D eigenvalue weighted by molar-refractivity contribution is 5.13. The van der Waals surface area contributed by atoms with Gasteiger partial charge in [0.05, 0.1) is 17.1 Å². The minimum absolute atomic E-state index is 0.455. The molecule has 1 aliphatic heterocycles. The zero-order valence-corrected chi connectivity index (χ0v) is 11.6. The van der Waals surface area contributed by atoms with E-state index in [-0.39, 0.29) is 0 Å². The molecule has 102 valence electrons. The Kier molecular flexibility index (Phi) is 4.29. The summed E-state index contributed by atoms with van der Waals surface area (Å²) in [5, 5.41) is 20.6. The molecular formula is C15H26N2O. The first kappa shape index (κ1) is 13.8. The van der Waals surface area contributed by atoms with E-state index in [9.17, 15) is 10.4 Å². The summed E-state index contributed by atoms with van der Waals surface area (Å²) in [5.41, 5.74) is -1.18. The van der Waals surface area contributed by atoms with E-state index in [1.165, 1.54) is 12.8 Å². The van der Waals surface area contributed by atoms with Crippen LogP contribution in [-0.2, 0) is 0 Å². The summed E-state index contributed by atoms with van der Waals surface area (Å²) in [5.74, 6) is 0. The molecule has 1 aliphatic carbocycles. The molecule has 3 nitrogen and oxygen atoms in total. The standard InChI is InChI=1S/C15H26N2O/c1-2-10-17-11-8-15(18,9-12-17)14(13-16)6-4-3-5-7-14/h18H,2-12H2,1H3. The molecule has 0 bridgehead atoms. The number of hydrogen-bond donors (Lipinski definition) is 1. The van der Waals surface area contributed by atoms with Gasteiger partial charge in [-0.15, -0.1) is 0 Å². The zero-order chi connectivity index (χ0) is 13.1. The topological polar surface area (TPSA) is 47.3 Å². The summed E-state index contributed by atoms with van der Waals surface area (Å²) >= 11 is 0. The predicted molar refractivity (Wildman–Crippen MR) is 72.0 cm³/mol. The van der Waals surface area contributed by atoms with E-state index < -0.39 is 11.0 Å². The van der Waals surface area contributed by atoms with Crippen LogP contribution in [0.2, 0.25) is 0 Å². The van der Waals surface area contributed by atoms with E-state index in [0.29, 0.717) is 0 Å². The number of nitriles is 1. The van der Waals surface area contributed by atoms with Crippen LogP contribution in [0.5, 0.6) is 0 Å².